The van der Waals surface area contributed by atoms with Gasteiger partial charge in [0.2, 0.25) is 0 Å². The Balaban J connectivity index is 1.44. The second-order valence-corrected chi connectivity index (χ2v) is 10.7. The van der Waals surface area contributed by atoms with Crippen molar-refractivity contribution in [1.82, 2.24) is 10.2 Å². The molecule has 1 unspecified atom stereocenters. The van der Waals surface area contributed by atoms with Crippen molar-refractivity contribution in [2.45, 2.75) is 31.7 Å². The van der Waals surface area contributed by atoms with Gasteiger partial charge in [0.15, 0.2) is 0 Å². The molecule has 43 heavy (non-hydrogen) atoms. The lowest BCUT2D eigenvalue weighted by atomic mass is 10.1. The van der Waals surface area contributed by atoms with Crippen LogP contribution in [0.25, 0.3) is 0 Å². The smallest absolute Gasteiger partial charge is 0.328 e. The Bertz CT molecular complexity index is 1470. The van der Waals surface area contributed by atoms with Crippen molar-refractivity contribution in [3.8, 4) is 5.75 Å². The summed E-state index contributed by atoms with van der Waals surface area (Å²) in [5.74, 6) is -0.855. The number of carbonyl (C=O) groups is 4. The normalized spacial score (nSPS) is 13.4. The summed E-state index contributed by atoms with van der Waals surface area (Å²) in [4.78, 5) is 53.4. The number of nitrogens with one attached hydrogen (secondary N) is 3. The van der Waals surface area contributed by atoms with Crippen molar-refractivity contribution < 1.29 is 28.7 Å². The summed E-state index contributed by atoms with van der Waals surface area (Å²) in [6.07, 6.45) is 3.02. The molecule has 0 aliphatic carbocycles. The molecule has 12 heteroatoms. The number of benzene rings is 3. The van der Waals surface area contributed by atoms with E-state index in [1.54, 1.807) is 65.6 Å². The number of likely N-dealkylation sites (tertiary alicyclic amines) is 1. The molecule has 3 aromatic rings. The first-order valence-electron chi connectivity index (χ1n) is 13.7. The fourth-order valence-electron chi connectivity index (χ4n) is 4.73. The number of halogens is 2. The van der Waals surface area contributed by atoms with Crippen LogP contribution < -0.4 is 20.7 Å². The summed E-state index contributed by atoms with van der Waals surface area (Å²) in [7, 11) is 2.71. The largest absolute Gasteiger partial charge is 0.497 e. The maximum atomic E-state index is 13.2. The molecule has 10 nitrogen and oxygen atoms in total. The van der Waals surface area contributed by atoms with E-state index in [2.05, 4.69) is 16.0 Å². The van der Waals surface area contributed by atoms with Gasteiger partial charge in [0.05, 0.1) is 41.1 Å². The van der Waals surface area contributed by atoms with Gasteiger partial charge in [-0.1, -0.05) is 41.4 Å². The van der Waals surface area contributed by atoms with E-state index in [1.165, 1.54) is 14.2 Å². The number of hydrogen-bond acceptors (Lipinski definition) is 6. The van der Waals surface area contributed by atoms with E-state index in [-0.39, 0.29) is 33.6 Å². The van der Waals surface area contributed by atoms with Crippen LogP contribution in [0.2, 0.25) is 10.0 Å². The molecule has 0 radical (unpaired) electrons. The van der Waals surface area contributed by atoms with Crippen molar-refractivity contribution in [1.29, 1.82) is 0 Å². The Morgan fingerprint density at radius 1 is 0.884 bits per heavy atom. The maximum Gasteiger partial charge on any atom is 0.328 e. The molecule has 1 fully saturated rings. The van der Waals surface area contributed by atoms with Gasteiger partial charge < -0.3 is 30.3 Å². The first-order valence-corrected chi connectivity index (χ1v) is 14.4. The molecule has 0 spiro atoms. The number of rotatable bonds is 9. The Labute approximate surface area is 259 Å². The van der Waals surface area contributed by atoms with E-state index in [0.29, 0.717) is 35.7 Å². The Hall–Kier alpha value is -4.28. The molecule has 226 valence electrons. The Morgan fingerprint density at radius 2 is 1.56 bits per heavy atom. The first-order chi connectivity index (χ1) is 20.7. The predicted octanol–water partition coefficient (Wildman–Crippen LogP) is 5.79. The van der Waals surface area contributed by atoms with Gasteiger partial charge in [-0.05, 0) is 61.2 Å². The number of methoxy groups -OCH3 is 2. The number of amides is 4. The molecule has 4 rings (SSSR count). The molecule has 1 saturated heterocycles. The van der Waals surface area contributed by atoms with Gasteiger partial charge in [0.25, 0.3) is 11.8 Å². The standard InChI is InChI=1S/C31H32Cl2N4O6/c1-42-21-13-14-22(29(39)37-15-4-3-5-16-37)25(18-21)35-31(41)36-26(30(40)43-2)17-19-9-11-20(12-10-19)34-28(38)27-23(32)7-6-8-24(27)33/h6-14,18,26H,3-5,15-17H2,1-2H3,(H,34,38)(H2,35,36,41). The van der Waals surface area contributed by atoms with Crippen molar-refractivity contribution >= 4 is 58.4 Å². The molecule has 0 saturated carbocycles. The molecular weight excluding hydrogens is 595 g/mol. The minimum absolute atomic E-state index is 0.0995. The summed E-state index contributed by atoms with van der Waals surface area (Å²) < 4.78 is 10.2. The van der Waals surface area contributed by atoms with E-state index < -0.39 is 23.9 Å². The lowest BCUT2D eigenvalue weighted by Gasteiger charge is -2.27. The number of anilines is 2. The van der Waals surface area contributed by atoms with Gasteiger partial charge in [-0.25, -0.2) is 9.59 Å². The van der Waals surface area contributed by atoms with Crippen LogP contribution in [0.4, 0.5) is 16.2 Å². The first kappa shape index (κ1) is 31.7. The van der Waals surface area contributed by atoms with Crippen LogP contribution in [0.1, 0.15) is 45.5 Å². The molecule has 3 aromatic carbocycles. The van der Waals surface area contributed by atoms with E-state index in [0.717, 1.165) is 19.3 Å². The third-order valence-electron chi connectivity index (χ3n) is 6.98. The van der Waals surface area contributed by atoms with Gasteiger partial charge in [-0.15, -0.1) is 0 Å². The molecule has 3 N–H and O–H groups in total. The third kappa shape index (κ3) is 8.18. The number of hydrogen-bond donors (Lipinski definition) is 3. The van der Waals surface area contributed by atoms with Crippen molar-refractivity contribution in [3.63, 3.8) is 0 Å². The summed E-state index contributed by atoms with van der Waals surface area (Å²) in [6, 6.07) is 14.6. The minimum Gasteiger partial charge on any atom is -0.497 e. The molecule has 0 bridgehead atoms. The number of nitrogens with zero attached hydrogens (tertiary/aromatic N) is 1. The molecule has 1 aliphatic rings. The fraction of sp³-hybridized carbons (Fsp3) is 0.290. The number of carbonyl (C=O) groups excluding carboxylic acids is 4. The van der Waals surface area contributed by atoms with Crippen LogP contribution in [0, 0.1) is 0 Å². The van der Waals surface area contributed by atoms with Crippen molar-refractivity contribution in [3.05, 3.63) is 87.4 Å². The lowest BCUT2D eigenvalue weighted by Crippen LogP contribution is -2.45. The number of urea groups is 1. The van der Waals surface area contributed by atoms with Gasteiger partial charge in [0.1, 0.15) is 11.8 Å². The van der Waals surface area contributed by atoms with Crippen LogP contribution in [0.5, 0.6) is 5.75 Å². The number of esters is 1. The van der Waals surface area contributed by atoms with Crippen LogP contribution in [0.15, 0.2) is 60.7 Å². The average Bonchev–Trinajstić information content (AvgIpc) is 3.01. The maximum absolute atomic E-state index is 13.2. The Morgan fingerprint density at radius 3 is 2.19 bits per heavy atom. The van der Waals surface area contributed by atoms with E-state index in [9.17, 15) is 19.2 Å². The molecule has 0 aromatic heterocycles. The highest BCUT2D eigenvalue weighted by Gasteiger charge is 2.25. The lowest BCUT2D eigenvalue weighted by molar-refractivity contribution is -0.142. The van der Waals surface area contributed by atoms with Gasteiger partial charge in [-0.2, -0.15) is 0 Å². The highest BCUT2D eigenvalue weighted by molar-refractivity contribution is 6.40. The zero-order valence-corrected chi connectivity index (χ0v) is 25.3. The van der Waals surface area contributed by atoms with E-state index in [4.69, 9.17) is 32.7 Å². The average molecular weight is 628 g/mol. The zero-order valence-electron chi connectivity index (χ0n) is 23.7. The van der Waals surface area contributed by atoms with E-state index in [1.807, 2.05) is 0 Å². The second kappa shape index (κ2) is 14.8. The SMILES string of the molecule is COC(=O)C(Cc1ccc(NC(=O)c2c(Cl)cccc2Cl)cc1)NC(=O)Nc1cc(OC)ccc1C(=O)N1CCCCC1. The summed E-state index contributed by atoms with van der Waals surface area (Å²) in [5.41, 5.74) is 1.91. The van der Waals surface area contributed by atoms with Crippen LogP contribution in [0.3, 0.4) is 0 Å². The summed E-state index contributed by atoms with van der Waals surface area (Å²) in [5, 5.41) is 8.53. The third-order valence-corrected chi connectivity index (χ3v) is 7.61. The van der Waals surface area contributed by atoms with Gasteiger partial charge >= 0.3 is 12.0 Å². The highest BCUT2D eigenvalue weighted by Crippen LogP contribution is 2.27. The van der Waals surface area contributed by atoms with Gasteiger partial charge in [-0.3, -0.25) is 9.59 Å². The van der Waals surface area contributed by atoms with Crippen LogP contribution >= 0.6 is 23.2 Å². The number of ether oxygens (including phenoxy) is 2. The molecule has 4 amide bonds. The fourth-order valence-corrected chi connectivity index (χ4v) is 5.30. The zero-order chi connectivity index (χ0) is 30.9. The molecule has 1 atom stereocenters. The summed E-state index contributed by atoms with van der Waals surface area (Å²) >= 11 is 12.3. The van der Waals surface area contributed by atoms with Crippen LogP contribution in [-0.4, -0.2) is 62.1 Å². The second-order valence-electron chi connectivity index (χ2n) is 9.89. The van der Waals surface area contributed by atoms with E-state index >= 15 is 0 Å². The summed E-state index contributed by atoms with van der Waals surface area (Å²) in [6.45, 7) is 1.30. The molecule has 1 aliphatic heterocycles. The molecular formula is C31H32Cl2N4O6. The minimum atomic E-state index is -1.04. The number of piperidine rings is 1. The van der Waals surface area contributed by atoms with Crippen molar-refractivity contribution in [2.75, 3.05) is 37.9 Å². The predicted molar refractivity (Wildman–Crippen MR) is 165 cm³/mol. The molecule has 1 heterocycles. The topological polar surface area (TPSA) is 126 Å². The van der Waals surface area contributed by atoms with Crippen molar-refractivity contribution in [2.24, 2.45) is 0 Å². The monoisotopic (exact) mass is 626 g/mol. The van der Waals surface area contributed by atoms with Gasteiger partial charge in [0, 0.05) is 31.3 Å². The Kier molecular flexibility index (Phi) is 10.9. The van der Waals surface area contributed by atoms with Crippen LogP contribution in [-0.2, 0) is 16.0 Å². The quantitative estimate of drug-likeness (QED) is 0.258. The highest BCUT2D eigenvalue weighted by atomic mass is 35.5.